The number of aromatic nitrogens is 4. The molecule has 0 saturated heterocycles. The van der Waals surface area contributed by atoms with Gasteiger partial charge >= 0.3 is 0 Å². The topological polar surface area (TPSA) is 55.1 Å². The summed E-state index contributed by atoms with van der Waals surface area (Å²) in [6.07, 6.45) is 10.6. The smallest absolute Gasteiger partial charge is 0.227 e. The molecule has 1 aromatic carbocycles. The van der Waals surface area contributed by atoms with E-state index in [-0.39, 0.29) is 0 Å². The Morgan fingerprint density at radius 1 is 1.15 bits per heavy atom. The van der Waals surface area contributed by atoms with Gasteiger partial charge in [-0.05, 0) is 56.1 Å². The minimum atomic E-state index is 0.750. The molecule has 136 valence electrons. The molecule has 0 fully saturated rings. The molecule has 0 bridgehead atoms. The Morgan fingerprint density at radius 3 is 2.85 bits per heavy atom. The van der Waals surface area contributed by atoms with Crippen LogP contribution < -0.4 is 5.32 Å². The van der Waals surface area contributed by atoms with E-state index < -0.39 is 0 Å². The number of rotatable bonds is 6. The molecule has 3 aromatic rings. The molecule has 1 atom stereocenters. The van der Waals surface area contributed by atoms with Crippen LogP contribution in [0.1, 0.15) is 48.2 Å². The molecule has 2 aromatic heterocycles. The summed E-state index contributed by atoms with van der Waals surface area (Å²) in [5.74, 6) is 2.37. The van der Waals surface area contributed by atoms with Crippen LogP contribution >= 0.6 is 0 Å². The second-order valence-electron chi connectivity index (χ2n) is 7.37. The molecule has 0 amide bonds. The van der Waals surface area contributed by atoms with Crippen molar-refractivity contribution in [2.24, 2.45) is 5.92 Å². The summed E-state index contributed by atoms with van der Waals surface area (Å²) in [7, 11) is 1.87. The van der Waals surface area contributed by atoms with E-state index in [1.54, 1.807) is 15.6 Å². The molecular formula is C21H27N5. The normalized spacial score (nSPS) is 16.6. The van der Waals surface area contributed by atoms with Crippen molar-refractivity contribution in [3.05, 3.63) is 53.0 Å². The summed E-state index contributed by atoms with van der Waals surface area (Å²) in [6, 6.07) is 8.94. The average Bonchev–Trinajstić information content (AvgIpc) is 3.07. The van der Waals surface area contributed by atoms with E-state index in [4.69, 9.17) is 0 Å². The third-order valence-corrected chi connectivity index (χ3v) is 5.53. The summed E-state index contributed by atoms with van der Waals surface area (Å²) in [5.41, 5.74) is 5.29. The first-order valence-electron chi connectivity index (χ1n) is 9.70. The number of nitrogens with zero attached hydrogens (tertiary/aromatic N) is 4. The number of nitrogens with one attached hydrogen (secondary N) is 1. The molecule has 26 heavy (non-hydrogen) atoms. The van der Waals surface area contributed by atoms with Crippen LogP contribution in [0.4, 0.5) is 5.95 Å². The first kappa shape index (κ1) is 17.0. The van der Waals surface area contributed by atoms with Crippen molar-refractivity contribution in [1.29, 1.82) is 0 Å². The number of hydrogen-bond acceptors (Lipinski definition) is 4. The Labute approximate surface area is 154 Å². The molecule has 5 nitrogen and oxygen atoms in total. The molecule has 1 N–H and O–H groups in total. The molecule has 5 heteroatoms. The SMILES string of the molecule is CNc1nc(C)nc2c(CCCCC3CCc4ccccc4C3)cnn12. The summed E-state index contributed by atoms with van der Waals surface area (Å²) < 4.78 is 1.81. The van der Waals surface area contributed by atoms with E-state index in [0.29, 0.717) is 0 Å². The van der Waals surface area contributed by atoms with Gasteiger partial charge in [0.05, 0.1) is 6.20 Å². The van der Waals surface area contributed by atoms with Crippen LogP contribution in [0.15, 0.2) is 30.5 Å². The van der Waals surface area contributed by atoms with E-state index in [1.165, 1.54) is 44.1 Å². The number of aryl methyl sites for hydroxylation is 3. The van der Waals surface area contributed by atoms with E-state index >= 15 is 0 Å². The van der Waals surface area contributed by atoms with Crippen LogP contribution in [0, 0.1) is 12.8 Å². The lowest BCUT2D eigenvalue weighted by Crippen LogP contribution is -2.14. The van der Waals surface area contributed by atoms with Crippen LogP contribution in [-0.2, 0) is 19.3 Å². The molecule has 1 aliphatic carbocycles. The van der Waals surface area contributed by atoms with Crippen LogP contribution in [0.3, 0.4) is 0 Å². The average molecular weight is 349 g/mol. The molecule has 2 heterocycles. The highest BCUT2D eigenvalue weighted by Crippen LogP contribution is 2.29. The number of anilines is 1. The molecule has 1 aliphatic rings. The summed E-state index contributed by atoms with van der Waals surface area (Å²) in [4.78, 5) is 8.97. The van der Waals surface area contributed by atoms with Crippen molar-refractivity contribution in [2.75, 3.05) is 12.4 Å². The lowest BCUT2D eigenvalue weighted by atomic mass is 9.81. The highest BCUT2D eigenvalue weighted by atomic mass is 15.3. The molecular weight excluding hydrogens is 322 g/mol. The first-order valence-corrected chi connectivity index (χ1v) is 9.70. The Bertz CT molecular complexity index is 899. The summed E-state index contributed by atoms with van der Waals surface area (Å²) in [5, 5.41) is 7.55. The van der Waals surface area contributed by atoms with Crippen molar-refractivity contribution in [3.8, 4) is 0 Å². The minimum absolute atomic E-state index is 0.750. The molecule has 0 radical (unpaired) electrons. The van der Waals surface area contributed by atoms with Gasteiger partial charge in [-0.2, -0.15) is 14.6 Å². The molecule has 0 aliphatic heterocycles. The van der Waals surface area contributed by atoms with Crippen molar-refractivity contribution in [2.45, 2.75) is 51.9 Å². The van der Waals surface area contributed by atoms with Crippen molar-refractivity contribution in [1.82, 2.24) is 19.6 Å². The standard InChI is InChI=1S/C21H27N5/c1-15-24-20-19(14-23-26(20)21(22-2)25-15)10-4-3-7-16-11-12-17-8-5-6-9-18(17)13-16/h5-6,8-9,14,16H,3-4,7,10-13H2,1-2H3,(H,22,24,25). The largest absolute Gasteiger partial charge is 0.357 e. The fraction of sp³-hybridized carbons (Fsp3) is 0.476. The third kappa shape index (κ3) is 3.43. The maximum absolute atomic E-state index is 4.59. The molecule has 1 unspecified atom stereocenters. The monoisotopic (exact) mass is 349 g/mol. The second kappa shape index (κ2) is 7.44. The van der Waals surface area contributed by atoms with Crippen LogP contribution in [-0.4, -0.2) is 26.6 Å². The lowest BCUT2D eigenvalue weighted by Gasteiger charge is -2.24. The highest BCUT2D eigenvalue weighted by molar-refractivity contribution is 5.50. The van der Waals surface area contributed by atoms with Gasteiger partial charge in [-0.25, -0.2) is 4.98 Å². The van der Waals surface area contributed by atoms with Gasteiger partial charge in [0.2, 0.25) is 5.95 Å². The van der Waals surface area contributed by atoms with E-state index in [2.05, 4.69) is 44.6 Å². The zero-order valence-electron chi connectivity index (χ0n) is 15.7. The lowest BCUT2D eigenvalue weighted by molar-refractivity contribution is 0.409. The fourth-order valence-electron chi connectivity index (χ4n) is 4.14. The molecule has 0 saturated carbocycles. The Morgan fingerprint density at radius 2 is 2.00 bits per heavy atom. The van der Waals surface area contributed by atoms with Gasteiger partial charge in [0.15, 0.2) is 5.65 Å². The number of unbranched alkanes of at least 4 members (excludes halogenated alkanes) is 1. The van der Waals surface area contributed by atoms with Gasteiger partial charge in [0.1, 0.15) is 5.82 Å². The predicted molar refractivity (Wildman–Crippen MR) is 105 cm³/mol. The summed E-state index contributed by atoms with van der Waals surface area (Å²) >= 11 is 0. The van der Waals surface area contributed by atoms with E-state index in [0.717, 1.165) is 29.8 Å². The maximum atomic E-state index is 4.59. The maximum Gasteiger partial charge on any atom is 0.227 e. The Kier molecular flexibility index (Phi) is 4.87. The fourth-order valence-corrected chi connectivity index (χ4v) is 4.14. The van der Waals surface area contributed by atoms with Gasteiger partial charge in [-0.3, -0.25) is 0 Å². The number of fused-ring (bicyclic) bond motifs is 2. The van der Waals surface area contributed by atoms with Gasteiger partial charge in [-0.15, -0.1) is 0 Å². The van der Waals surface area contributed by atoms with Crippen LogP contribution in [0.2, 0.25) is 0 Å². The zero-order valence-corrected chi connectivity index (χ0v) is 15.7. The zero-order chi connectivity index (χ0) is 17.9. The first-order chi connectivity index (χ1) is 12.7. The predicted octanol–water partition coefficient (Wildman–Crippen LogP) is 3.99. The van der Waals surface area contributed by atoms with Crippen molar-refractivity contribution < 1.29 is 0 Å². The molecule has 4 rings (SSSR count). The summed E-state index contributed by atoms with van der Waals surface area (Å²) in [6.45, 7) is 1.93. The van der Waals surface area contributed by atoms with Gasteiger partial charge in [0.25, 0.3) is 0 Å². The number of hydrogen-bond donors (Lipinski definition) is 1. The van der Waals surface area contributed by atoms with Gasteiger partial charge in [0, 0.05) is 12.6 Å². The Balaban J connectivity index is 1.33. The minimum Gasteiger partial charge on any atom is -0.357 e. The van der Waals surface area contributed by atoms with E-state index in [1.807, 2.05) is 20.2 Å². The highest BCUT2D eigenvalue weighted by Gasteiger charge is 2.18. The molecule has 0 spiro atoms. The van der Waals surface area contributed by atoms with Crippen LogP contribution in [0.25, 0.3) is 5.65 Å². The van der Waals surface area contributed by atoms with E-state index in [9.17, 15) is 0 Å². The van der Waals surface area contributed by atoms with Crippen molar-refractivity contribution in [3.63, 3.8) is 0 Å². The Hall–Kier alpha value is -2.43. The van der Waals surface area contributed by atoms with Gasteiger partial charge in [-0.1, -0.05) is 37.1 Å². The quantitative estimate of drug-likeness (QED) is 0.684. The third-order valence-electron chi connectivity index (χ3n) is 5.53. The number of benzene rings is 1. The van der Waals surface area contributed by atoms with Gasteiger partial charge < -0.3 is 5.32 Å². The van der Waals surface area contributed by atoms with Crippen LogP contribution in [0.5, 0.6) is 0 Å². The van der Waals surface area contributed by atoms with Crippen molar-refractivity contribution >= 4 is 11.6 Å². The second-order valence-corrected chi connectivity index (χ2v) is 7.37.